The summed E-state index contributed by atoms with van der Waals surface area (Å²) in [7, 11) is 1.65. The van der Waals surface area contributed by atoms with E-state index in [2.05, 4.69) is 20.4 Å². The van der Waals surface area contributed by atoms with Crippen LogP contribution < -0.4 is 5.32 Å². The van der Waals surface area contributed by atoms with E-state index in [9.17, 15) is 4.39 Å². The second-order valence-electron chi connectivity index (χ2n) is 4.81. The van der Waals surface area contributed by atoms with Crippen LogP contribution in [0.4, 0.5) is 10.2 Å². The highest BCUT2D eigenvalue weighted by molar-refractivity contribution is 5.87. The van der Waals surface area contributed by atoms with E-state index in [1.165, 1.54) is 12.1 Å². The van der Waals surface area contributed by atoms with Crippen molar-refractivity contribution in [1.82, 2.24) is 19.7 Å². The lowest BCUT2D eigenvalue weighted by Gasteiger charge is -2.08. The first kappa shape index (κ1) is 14.4. The van der Waals surface area contributed by atoms with Gasteiger partial charge < -0.3 is 10.1 Å². The normalized spacial score (nSPS) is 11.0. The van der Waals surface area contributed by atoms with E-state index >= 15 is 0 Å². The summed E-state index contributed by atoms with van der Waals surface area (Å²) in [5, 5.41) is 8.37. The molecule has 1 N–H and O–H groups in total. The number of halogens is 1. The predicted octanol–water partition coefficient (Wildman–Crippen LogP) is 2.32. The molecule has 1 aromatic carbocycles. The van der Waals surface area contributed by atoms with Gasteiger partial charge in [-0.1, -0.05) is 0 Å². The molecule has 2 aromatic heterocycles. The molecule has 22 heavy (non-hydrogen) atoms. The molecule has 7 heteroatoms. The van der Waals surface area contributed by atoms with Gasteiger partial charge in [0.25, 0.3) is 0 Å². The standard InChI is InChI=1S/C15H16FN5O/c1-10-19-14(17-7-8-22-2)13-9-18-21(15(13)20-10)12-5-3-11(16)4-6-12/h3-6,9H,7-8H2,1-2H3,(H,17,19,20). The summed E-state index contributed by atoms with van der Waals surface area (Å²) in [4.78, 5) is 8.85. The number of aryl methyl sites for hydroxylation is 1. The Bertz CT molecular complexity index is 784. The Morgan fingerprint density at radius 2 is 2.00 bits per heavy atom. The number of aromatic nitrogens is 4. The van der Waals surface area contributed by atoms with Gasteiger partial charge in [0.05, 0.1) is 23.9 Å². The largest absolute Gasteiger partial charge is 0.383 e. The van der Waals surface area contributed by atoms with Crippen molar-refractivity contribution >= 4 is 16.9 Å². The Balaban J connectivity index is 2.04. The monoisotopic (exact) mass is 301 g/mol. The number of hydrogen-bond donors (Lipinski definition) is 1. The Morgan fingerprint density at radius 1 is 1.23 bits per heavy atom. The van der Waals surface area contributed by atoms with Gasteiger partial charge in [-0.15, -0.1) is 0 Å². The van der Waals surface area contributed by atoms with Crippen molar-refractivity contribution in [2.45, 2.75) is 6.92 Å². The molecule has 0 bridgehead atoms. The van der Waals surface area contributed by atoms with E-state index < -0.39 is 0 Å². The zero-order valence-electron chi connectivity index (χ0n) is 12.4. The van der Waals surface area contributed by atoms with E-state index in [0.29, 0.717) is 30.4 Å². The summed E-state index contributed by atoms with van der Waals surface area (Å²) in [6, 6.07) is 6.12. The van der Waals surface area contributed by atoms with Crippen molar-refractivity contribution in [3.63, 3.8) is 0 Å². The smallest absolute Gasteiger partial charge is 0.168 e. The first-order valence-electron chi connectivity index (χ1n) is 6.90. The van der Waals surface area contributed by atoms with E-state index in [1.54, 1.807) is 30.1 Å². The third kappa shape index (κ3) is 2.75. The highest BCUT2D eigenvalue weighted by atomic mass is 19.1. The quantitative estimate of drug-likeness (QED) is 0.733. The average molecular weight is 301 g/mol. The predicted molar refractivity (Wildman–Crippen MR) is 81.7 cm³/mol. The molecule has 0 aliphatic carbocycles. The van der Waals surface area contributed by atoms with Gasteiger partial charge in [0.15, 0.2) is 5.65 Å². The summed E-state index contributed by atoms with van der Waals surface area (Å²) < 4.78 is 19.8. The number of methoxy groups -OCH3 is 1. The van der Waals surface area contributed by atoms with Gasteiger partial charge in [0.1, 0.15) is 17.5 Å². The van der Waals surface area contributed by atoms with Gasteiger partial charge in [0, 0.05) is 13.7 Å². The lowest BCUT2D eigenvalue weighted by molar-refractivity contribution is 0.210. The lowest BCUT2D eigenvalue weighted by Crippen LogP contribution is -2.10. The molecule has 0 aliphatic heterocycles. The third-order valence-electron chi connectivity index (χ3n) is 3.21. The van der Waals surface area contributed by atoms with Crippen molar-refractivity contribution in [3.05, 3.63) is 42.1 Å². The topological polar surface area (TPSA) is 64.9 Å². The number of fused-ring (bicyclic) bond motifs is 1. The maximum atomic E-state index is 13.1. The van der Waals surface area contributed by atoms with Gasteiger partial charge in [-0.05, 0) is 31.2 Å². The van der Waals surface area contributed by atoms with Crippen LogP contribution in [0.5, 0.6) is 0 Å². The molecule has 0 fully saturated rings. The number of anilines is 1. The molecule has 0 amide bonds. The Hall–Kier alpha value is -2.54. The minimum absolute atomic E-state index is 0.284. The molecule has 2 heterocycles. The molecule has 0 aliphatic rings. The van der Waals surface area contributed by atoms with Crippen LogP contribution in [0, 0.1) is 12.7 Å². The number of benzene rings is 1. The fourth-order valence-corrected chi connectivity index (χ4v) is 2.19. The van der Waals surface area contributed by atoms with Gasteiger partial charge in [-0.2, -0.15) is 5.10 Å². The maximum Gasteiger partial charge on any atom is 0.168 e. The van der Waals surface area contributed by atoms with Crippen molar-refractivity contribution in [1.29, 1.82) is 0 Å². The summed E-state index contributed by atoms with van der Waals surface area (Å²) in [5.74, 6) is 1.07. The molecule has 3 rings (SSSR count). The van der Waals surface area contributed by atoms with Crippen LogP contribution in [-0.2, 0) is 4.74 Å². The molecule has 0 saturated carbocycles. The first-order chi connectivity index (χ1) is 10.7. The van der Waals surface area contributed by atoms with Crippen LogP contribution in [0.25, 0.3) is 16.7 Å². The van der Waals surface area contributed by atoms with Gasteiger partial charge >= 0.3 is 0 Å². The average Bonchev–Trinajstić information content (AvgIpc) is 2.92. The third-order valence-corrected chi connectivity index (χ3v) is 3.21. The second kappa shape index (κ2) is 6.07. The van der Waals surface area contributed by atoms with Gasteiger partial charge in [-0.25, -0.2) is 19.0 Å². The van der Waals surface area contributed by atoms with Crippen LogP contribution >= 0.6 is 0 Å². The first-order valence-corrected chi connectivity index (χ1v) is 6.90. The molecule has 0 spiro atoms. The molecular formula is C15H16FN5O. The Kier molecular flexibility index (Phi) is 3.97. The van der Waals surface area contributed by atoms with Gasteiger partial charge in [0.2, 0.25) is 0 Å². The van der Waals surface area contributed by atoms with Crippen molar-refractivity contribution in [2.24, 2.45) is 0 Å². The number of hydrogen-bond acceptors (Lipinski definition) is 5. The highest BCUT2D eigenvalue weighted by Gasteiger charge is 2.12. The number of nitrogens with one attached hydrogen (secondary N) is 1. The van der Waals surface area contributed by atoms with E-state index in [4.69, 9.17) is 4.74 Å². The van der Waals surface area contributed by atoms with E-state index in [-0.39, 0.29) is 5.82 Å². The zero-order chi connectivity index (χ0) is 15.5. The highest BCUT2D eigenvalue weighted by Crippen LogP contribution is 2.22. The second-order valence-corrected chi connectivity index (χ2v) is 4.81. The van der Waals surface area contributed by atoms with Crippen molar-refractivity contribution < 1.29 is 9.13 Å². The van der Waals surface area contributed by atoms with E-state index in [1.807, 2.05) is 6.92 Å². The lowest BCUT2D eigenvalue weighted by atomic mass is 10.3. The molecule has 0 saturated heterocycles. The number of ether oxygens (including phenoxy) is 1. The van der Waals surface area contributed by atoms with Gasteiger partial charge in [-0.3, -0.25) is 0 Å². The minimum Gasteiger partial charge on any atom is -0.383 e. The Morgan fingerprint density at radius 3 is 2.73 bits per heavy atom. The molecule has 0 radical (unpaired) electrons. The summed E-state index contributed by atoms with van der Waals surface area (Å²) in [6.45, 7) is 3.05. The summed E-state index contributed by atoms with van der Waals surface area (Å²) >= 11 is 0. The molecule has 0 unspecified atom stereocenters. The molecule has 3 aromatic rings. The minimum atomic E-state index is -0.284. The van der Waals surface area contributed by atoms with Crippen LogP contribution in [0.2, 0.25) is 0 Å². The fourth-order valence-electron chi connectivity index (χ4n) is 2.19. The van der Waals surface area contributed by atoms with Crippen LogP contribution in [0.3, 0.4) is 0 Å². The van der Waals surface area contributed by atoms with Crippen molar-refractivity contribution in [3.8, 4) is 5.69 Å². The molecule has 114 valence electrons. The number of rotatable bonds is 5. The van der Waals surface area contributed by atoms with Crippen LogP contribution in [0.1, 0.15) is 5.82 Å². The molecule has 0 atom stereocenters. The zero-order valence-corrected chi connectivity index (χ0v) is 12.4. The Labute approximate surface area is 127 Å². The molecular weight excluding hydrogens is 285 g/mol. The van der Waals surface area contributed by atoms with Crippen molar-refractivity contribution in [2.75, 3.05) is 25.6 Å². The molecule has 6 nitrogen and oxygen atoms in total. The van der Waals surface area contributed by atoms with Crippen LogP contribution in [-0.4, -0.2) is 40.0 Å². The SMILES string of the molecule is COCCNc1nc(C)nc2c1cnn2-c1ccc(F)cc1. The number of nitrogens with zero attached hydrogens (tertiary/aromatic N) is 4. The maximum absolute atomic E-state index is 13.1. The fraction of sp³-hybridized carbons (Fsp3) is 0.267. The van der Waals surface area contributed by atoms with E-state index in [0.717, 1.165) is 11.1 Å². The summed E-state index contributed by atoms with van der Waals surface area (Å²) in [6.07, 6.45) is 1.70. The van der Waals surface area contributed by atoms with Crippen LogP contribution in [0.15, 0.2) is 30.5 Å². The summed E-state index contributed by atoms with van der Waals surface area (Å²) in [5.41, 5.74) is 1.43.